The molecule has 0 amide bonds. The lowest BCUT2D eigenvalue weighted by atomic mass is 9.87. The zero-order valence-electron chi connectivity index (χ0n) is 11.6. The summed E-state index contributed by atoms with van der Waals surface area (Å²) in [6.07, 6.45) is 1.77. The van der Waals surface area contributed by atoms with Crippen LogP contribution in [0.4, 0.5) is 5.69 Å². The van der Waals surface area contributed by atoms with E-state index in [-0.39, 0.29) is 5.41 Å². The number of nitrogens with one attached hydrogen (secondary N) is 1. The Bertz CT molecular complexity index is 541. The standard InChI is InChI=1S/C16H19BrN2/c1-16(2,3)13-8-6-12(7-9-13)11-19-14-5-4-10-18-15(14)17/h4-10,19H,11H2,1-3H3. The maximum Gasteiger partial charge on any atom is 0.129 e. The van der Waals surface area contributed by atoms with Crippen LogP contribution in [-0.2, 0) is 12.0 Å². The van der Waals surface area contributed by atoms with Gasteiger partial charge in [-0.2, -0.15) is 0 Å². The molecule has 0 aliphatic rings. The number of hydrogen-bond donors (Lipinski definition) is 1. The summed E-state index contributed by atoms with van der Waals surface area (Å²) in [4.78, 5) is 4.19. The Morgan fingerprint density at radius 1 is 1.11 bits per heavy atom. The molecule has 0 bridgehead atoms. The van der Waals surface area contributed by atoms with Crippen LogP contribution in [0.1, 0.15) is 31.9 Å². The number of benzene rings is 1. The van der Waals surface area contributed by atoms with Crippen molar-refractivity contribution in [1.82, 2.24) is 4.98 Å². The highest BCUT2D eigenvalue weighted by Crippen LogP contribution is 2.23. The molecule has 0 atom stereocenters. The minimum Gasteiger partial charge on any atom is -0.379 e. The SMILES string of the molecule is CC(C)(C)c1ccc(CNc2cccnc2Br)cc1. The molecule has 0 unspecified atom stereocenters. The first-order valence-electron chi connectivity index (χ1n) is 6.40. The van der Waals surface area contributed by atoms with E-state index in [0.29, 0.717) is 0 Å². The van der Waals surface area contributed by atoms with Gasteiger partial charge >= 0.3 is 0 Å². The Morgan fingerprint density at radius 2 is 1.79 bits per heavy atom. The fourth-order valence-electron chi connectivity index (χ4n) is 1.84. The van der Waals surface area contributed by atoms with Crippen molar-refractivity contribution in [1.29, 1.82) is 0 Å². The lowest BCUT2D eigenvalue weighted by Crippen LogP contribution is -2.11. The van der Waals surface area contributed by atoms with Crippen LogP contribution >= 0.6 is 15.9 Å². The van der Waals surface area contributed by atoms with Crippen molar-refractivity contribution < 1.29 is 0 Å². The van der Waals surface area contributed by atoms with E-state index < -0.39 is 0 Å². The number of hydrogen-bond acceptors (Lipinski definition) is 2. The van der Waals surface area contributed by atoms with E-state index >= 15 is 0 Å². The first-order chi connectivity index (χ1) is 8.97. The third kappa shape index (κ3) is 3.80. The number of anilines is 1. The summed E-state index contributed by atoms with van der Waals surface area (Å²) in [7, 11) is 0. The molecule has 2 nitrogen and oxygen atoms in total. The average Bonchev–Trinajstić information content (AvgIpc) is 2.37. The van der Waals surface area contributed by atoms with Gasteiger partial charge in [-0.15, -0.1) is 0 Å². The average molecular weight is 319 g/mol. The second kappa shape index (κ2) is 5.74. The van der Waals surface area contributed by atoms with Crippen molar-refractivity contribution in [2.75, 3.05) is 5.32 Å². The van der Waals surface area contributed by atoms with Gasteiger partial charge in [0.25, 0.3) is 0 Å². The number of halogens is 1. The van der Waals surface area contributed by atoms with Crippen molar-refractivity contribution >= 4 is 21.6 Å². The summed E-state index contributed by atoms with van der Waals surface area (Å²) >= 11 is 3.43. The fourth-order valence-corrected chi connectivity index (χ4v) is 2.23. The first kappa shape index (κ1) is 14.1. The summed E-state index contributed by atoms with van der Waals surface area (Å²) in [5, 5.41) is 3.38. The fraction of sp³-hybridized carbons (Fsp3) is 0.312. The number of aromatic nitrogens is 1. The molecule has 1 aromatic carbocycles. The van der Waals surface area contributed by atoms with Gasteiger partial charge in [-0.3, -0.25) is 0 Å². The van der Waals surface area contributed by atoms with Gasteiger partial charge in [0.2, 0.25) is 0 Å². The molecule has 0 aliphatic carbocycles. The van der Waals surface area contributed by atoms with Crippen molar-refractivity contribution in [3.05, 3.63) is 58.3 Å². The summed E-state index contributed by atoms with van der Waals surface area (Å²) in [5.41, 5.74) is 3.85. The highest BCUT2D eigenvalue weighted by atomic mass is 79.9. The summed E-state index contributed by atoms with van der Waals surface area (Å²) in [5.74, 6) is 0. The zero-order valence-corrected chi connectivity index (χ0v) is 13.2. The van der Waals surface area contributed by atoms with Crippen molar-refractivity contribution in [3.8, 4) is 0 Å². The third-order valence-electron chi connectivity index (χ3n) is 3.06. The van der Waals surface area contributed by atoms with Crippen LogP contribution in [0.25, 0.3) is 0 Å². The third-order valence-corrected chi connectivity index (χ3v) is 3.69. The number of rotatable bonds is 3. The molecule has 1 aromatic heterocycles. The van der Waals surface area contributed by atoms with Gasteiger partial charge in [0.05, 0.1) is 5.69 Å². The van der Waals surface area contributed by atoms with Crippen LogP contribution < -0.4 is 5.32 Å². The van der Waals surface area contributed by atoms with Crippen LogP contribution in [0.15, 0.2) is 47.2 Å². The molecule has 19 heavy (non-hydrogen) atoms. The maximum atomic E-state index is 4.19. The van der Waals surface area contributed by atoms with Crippen LogP contribution in [0.5, 0.6) is 0 Å². The molecule has 0 saturated heterocycles. The lowest BCUT2D eigenvalue weighted by Gasteiger charge is -2.19. The number of pyridine rings is 1. The maximum absolute atomic E-state index is 4.19. The summed E-state index contributed by atoms with van der Waals surface area (Å²) in [6.45, 7) is 7.49. The normalized spacial score (nSPS) is 11.4. The van der Waals surface area contributed by atoms with E-state index in [9.17, 15) is 0 Å². The van der Waals surface area contributed by atoms with Crippen molar-refractivity contribution in [2.45, 2.75) is 32.7 Å². The summed E-state index contributed by atoms with van der Waals surface area (Å²) in [6, 6.07) is 12.7. The monoisotopic (exact) mass is 318 g/mol. The summed E-state index contributed by atoms with van der Waals surface area (Å²) < 4.78 is 0.848. The van der Waals surface area contributed by atoms with Gasteiger partial charge in [-0.05, 0) is 44.6 Å². The Morgan fingerprint density at radius 3 is 2.37 bits per heavy atom. The first-order valence-corrected chi connectivity index (χ1v) is 7.20. The number of nitrogens with zero attached hydrogens (tertiary/aromatic N) is 1. The zero-order chi connectivity index (χ0) is 13.9. The van der Waals surface area contributed by atoms with Gasteiger partial charge in [0.1, 0.15) is 4.60 Å². The lowest BCUT2D eigenvalue weighted by molar-refractivity contribution is 0.590. The van der Waals surface area contributed by atoms with E-state index in [1.54, 1.807) is 6.20 Å². The van der Waals surface area contributed by atoms with E-state index in [1.807, 2.05) is 12.1 Å². The van der Waals surface area contributed by atoms with Gasteiger partial charge in [0, 0.05) is 12.7 Å². The van der Waals surface area contributed by atoms with Crippen LogP contribution in [0, 0.1) is 0 Å². The van der Waals surface area contributed by atoms with E-state index in [0.717, 1.165) is 16.8 Å². The molecular weight excluding hydrogens is 300 g/mol. The van der Waals surface area contributed by atoms with E-state index in [4.69, 9.17) is 0 Å². The Labute approximate surface area is 123 Å². The van der Waals surface area contributed by atoms with Crippen LogP contribution in [0.2, 0.25) is 0 Å². The molecule has 1 N–H and O–H groups in total. The Kier molecular flexibility index (Phi) is 4.25. The van der Waals surface area contributed by atoms with Gasteiger partial charge < -0.3 is 5.32 Å². The van der Waals surface area contributed by atoms with E-state index in [2.05, 4.69) is 71.3 Å². The highest BCUT2D eigenvalue weighted by molar-refractivity contribution is 9.10. The molecule has 0 saturated carbocycles. The molecule has 1 heterocycles. The van der Waals surface area contributed by atoms with Gasteiger partial charge in [-0.25, -0.2) is 4.98 Å². The Hall–Kier alpha value is -1.35. The minimum absolute atomic E-state index is 0.207. The van der Waals surface area contributed by atoms with Crippen molar-refractivity contribution in [2.24, 2.45) is 0 Å². The minimum atomic E-state index is 0.207. The van der Waals surface area contributed by atoms with E-state index in [1.165, 1.54) is 11.1 Å². The molecule has 0 spiro atoms. The largest absolute Gasteiger partial charge is 0.379 e. The predicted octanol–water partition coefficient (Wildman–Crippen LogP) is 4.75. The molecule has 0 fully saturated rings. The highest BCUT2D eigenvalue weighted by Gasteiger charge is 2.12. The molecule has 3 heteroatoms. The quantitative estimate of drug-likeness (QED) is 0.826. The molecular formula is C16H19BrN2. The Balaban J connectivity index is 2.03. The molecule has 0 aliphatic heterocycles. The second-order valence-corrected chi connectivity index (χ2v) is 6.39. The smallest absolute Gasteiger partial charge is 0.129 e. The second-order valence-electron chi connectivity index (χ2n) is 5.64. The topological polar surface area (TPSA) is 24.9 Å². The molecule has 0 radical (unpaired) electrons. The molecule has 2 aromatic rings. The van der Waals surface area contributed by atoms with Gasteiger partial charge in [-0.1, -0.05) is 45.0 Å². The van der Waals surface area contributed by atoms with Crippen LogP contribution in [0.3, 0.4) is 0 Å². The van der Waals surface area contributed by atoms with Crippen molar-refractivity contribution in [3.63, 3.8) is 0 Å². The predicted molar refractivity (Wildman–Crippen MR) is 84.4 cm³/mol. The molecule has 2 rings (SSSR count). The van der Waals surface area contributed by atoms with Gasteiger partial charge in [0.15, 0.2) is 0 Å². The van der Waals surface area contributed by atoms with Crippen LogP contribution in [-0.4, -0.2) is 4.98 Å². The molecule has 100 valence electrons.